The lowest BCUT2D eigenvalue weighted by Gasteiger charge is -2.18. The molecular weight excluding hydrogens is 437 g/mol. The number of carbonyl (C=O) groups excluding carboxylic acids is 1. The minimum atomic E-state index is -4.52. The third-order valence-corrected chi connectivity index (χ3v) is 5.70. The molecule has 1 heterocycles. The van der Waals surface area contributed by atoms with Gasteiger partial charge in [0.1, 0.15) is 0 Å². The molecule has 174 valence electrons. The van der Waals surface area contributed by atoms with Crippen LogP contribution in [0.2, 0.25) is 0 Å². The van der Waals surface area contributed by atoms with Gasteiger partial charge in [0.25, 0.3) is 0 Å². The molecule has 33 heavy (non-hydrogen) atoms. The first-order valence-corrected chi connectivity index (χ1v) is 10.5. The van der Waals surface area contributed by atoms with Crippen LogP contribution < -0.4 is 22.1 Å². The maximum absolute atomic E-state index is 13.0. The van der Waals surface area contributed by atoms with E-state index in [4.69, 9.17) is 5.73 Å². The summed E-state index contributed by atoms with van der Waals surface area (Å²) >= 11 is 0. The lowest BCUT2D eigenvalue weighted by atomic mass is 10.0. The fourth-order valence-corrected chi connectivity index (χ4v) is 4.01. The van der Waals surface area contributed by atoms with Gasteiger partial charge in [-0.3, -0.25) is 9.78 Å². The number of hydrogen-bond acceptors (Lipinski definition) is 5. The predicted molar refractivity (Wildman–Crippen MR) is 116 cm³/mol. The lowest BCUT2D eigenvalue weighted by Crippen LogP contribution is -2.38. The first kappa shape index (κ1) is 22.6. The number of H-pyrrole nitrogens is 1. The standard InChI is InChI=1S/C22H23F3N6O2/c23-22(24,25)14-3-1-4-16(11-14)31-21(33)29-20(30-31)28-15-9-7-13(8-10-15)12-27-18-6-2-5-17(18)19(26)32/h1,3-4,7-11,17-18,27H,2,5-6,12H2,(H2,26,32)(H2,28,29,30,33). The number of aromatic amines is 1. The topological polar surface area (TPSA) is 118 Å². The third kappa shape index (κ3) is 5.25. The molecule has 0 saturated heterocycles. The van der Waals surface area contributed by atoms with Crippen LogP contribution in [0.3, 0.4) is 0 Å². The number of rotatable bonds is 7. The number of alkyl halides is 3. The van der Waals surface area contributed by atoms with Gasteiger partial charge in [-0.15, -0.1) is 5.10 Å². The number of nitrogens with zero attached hydrogens (tertiary/aromatic N) is 2. The molecule has 0 bridgehead atoms. The number of carbonyl (C=O) groups is 1. The molecule has 1 aliphatic carbocycles. The summed E-state index contributed by atoms with van der Waals surface area (Å²) in [7, 11) is 0. The van der Waals surface area contributed by atoms with Crippen molar-refractivity contribution in [3.8, 4) is 5.69 Å². The van der Waals surface area contributed by atoms with Crippen LogP contribution in [0, 0.1) is 5.92 Å². The maximum atomic E-state index is 13.0. The van der Waals surface area contributed by atoms with Gasteiger partial charge >= 0.3 is 11.9 Å². The summed E-state index contributed by atoms with van der Waals surface area (Å²) in [5.41, 5.74) is 5.56. The van der Waals surface area contributed by atoms with Gasteiger partial charge in [-0.2, -0.15) is 17.9 Å². The Balaban J connectivity index is 1.41. The Kier molecular flexibility index (Phi) is 6.23. The normalized spacial score (nSPS) is 18.4. The fourth-order valence-electron chi connectivity index (χ4n) is 4.01. The van der Waals surface area contributed by atoms with E-state index >= 15 is 0 Å². The SMILES string of the molecule is NC(=O)C1CCCC1NCc1ccc(Nc2nn(-c3cccc(C(F)(F)F)c3)c(=O)[nH]2)cc1. The van der Waals surface area contributed by atoms with E-state index in [9.17, 15) is 22.8 Å². The van der Waals surface area contributed by atoms with Crippen molar-refractivity contribution in [2.45, 2.75) is 38.0 Å². The maximum Gasteiger partial charge on any atom is 0.416 e. The van der Waals surface area contributed by atoms with Crippen molar-refractivity contribution in [1.29, 1.82) is 0 Å². The van der Waals surface area contributed by atoms with Gasteiger partial charge in [-0.1, -0.05) is 24.6 Å². The van der Waals surface area contributed by atoms with Gasteiger partial charge in [0.15, 0.2) is 0 Å². The first-order chi connectivity index (χ1) is 15.7. The molecule has 5 N–H and O–H groups in total. The second-order valence-corrected chi connectivity index (χ2v) is 7.99. The van der Waals surface area contributed by atoms with Crippen molar-refractivity contribution in [2.24, 2.45) is 11.7 Å². The number of nitrogens with two attached hydrogens (primary N) is 1. The smallest absolute Gasteiger partial charge is 0.369 e. The zero-order valence-corrected chi connectivity index (χ0v) is 17.5. The van der Waals surface area contributed by atoms with Crippen molar-refractivity contribution in [2.75, 3.05) is 5.32 Å². The zero-order chi connectivity index (χ0) is 23.6. The number of amides is 1. The molecule has 1 amide bonds. The van der Waals surface area contributed by atoms with E-state index in [0.29, 0.717) is 12.2 Å². The van der Waals surface area contributed by atoms with Crippen molar-refractivity contribution < 1.29 is 18.0 Å². The van der Waals surface area contributed by atoms with E-state index in [1.165, 1.54) is 12.1 Å². The molecule has 4 rings (SSSR count). The van der Waals surface area contributed by atoms with Crippen LogP contribution in [0.1, 0.15) is 30.4 Å². The quantitative estimate of drug-likeness (QED) is 0.432. The van der Waals surface area contributed by atoms with Crippen LogP contribution in [0.15, 0.2) is 53.3 Å². The van der Waals surface area contributed by atoms with Crippen LogP contribution in [-0.2, 0) is 17.5 Å². The molecular formula is C22H23F3N6O2. The van der Waals surface area contributed by atoms with Crippen molar-refractivity contribution in [1.82, 2.24) is 20.1 Å². The van der Waals surface area contributed by atoms with Crippen molar-refractivity contribution in [3.05, 3.63) is 70.1 Å². The molecule has 0 spiro atoms. The Morgan fingerprint density at radius 2 is 1.94 bits per heavy atom. The van der Waals surface area contributed by atoms with Crippen LogP contribution in [0.25, 0.3) is 5.69 Å². The number of anilines is 2. The third-order valence-electron chi connectivity index (χ3n) is 5.70. The summed E-state index contributed by atoms with van der Waals surface area (Å²) in [6.07, 6.45) is -1.83. The number of primary amides is 1. The molecule has 2 aromatic carbocycles. The number of aromatic nitrogens is 3. The Morgan fingerprint density at radius 3 is 2.64 bits per heavy atom. The van der Waals surface area contributed by atoms with Crippen LogP contribution in [-0.4, -0.2) is 26.7 Å². The number of benzene rings is 2. The largest absolute Gasteiger partial charge is 0.416 e. The molecule has 0 aliphatic heterocycles. The lowest BCUT2D eigenvalue weighted by molar-refractivity contribution is -0.137. The summed E-state index contributed by atoms with van der Waals surface area (Å²) in [6.45, 7) is 0.579. The van der Waals surface area contributed by atoms with Gasteiger partial charge in [0, 0.05) is 18.3 Å². The molecule has 1 aliphatic rings. The van der Waals surface area contributed by atoms with E-state index < -0.39 is 17.4 Å². The highest BCUT2D eigenvalue weighted by molar-refractivity contribution is 5.77. The van der Waals surface area contributed by atoms with Gasteiger partial charge in [-0.05, 0) is 48.7 Å². The summed E-state index contributed by atoms with van der Waals surface area (Å²) < 4.78 is 39.7. The summed E-state index contributed by atoms with van der Waals surface area (Å²) in [4.78, 5) is 26.2. The molecule has 1 fully saturated rings. The molecule has 11 heteroatoms. The number of hydrogen-bond donors (Lipinski definition) is 4. The minimum absolute atomic E-state index is 0.00160. The van der Waals surface area contributed by atoms with Crippen LogP contribution in [0.5, 0.6) is 0 Å². The average molecular weight is 460 g/mol. The van der Waals surface area contributed by atoms with Crippen molar-refractivity contribution >= 4 is 17.5 Å². The Morgan fingerprint density at radius 1 is 1.18 bits per heavy atom. The van der Waals surface area contributed by atoms with Gasteiger partial charge < -0.3 is 16.4 Å². The Labute approximate surface area is 187 Å². The van der Waals surface area contributed by atoms with E-state index in [1.807, 2.05) is 12.1 Å². The summed E-state index contributed by atoms with van der Waals surface area (Å²) in [5.74, 6) is -0.323. The molecule has 8 nitrogen and oxygen atoms in total. The summed E-state index contributed by atoms with van der Waals surface area (Å²) in [6, 6.07) is 11.8. The van der Waals surface area contributed by atoms with Crippen LogP contribution >= 0.6 is 0 Å². The summed E-state index contributed by atoms with van der Waals surface area (Å²) in [5, 5.41) is 10.4. The van der Waals surface area contributed by atoms with E-state index in [1.54, 1.807) is 12.1 Å². The highest BCUT2D eigenvalue weighted by atomic mass is 19.4. The predicted octanol–water partition coefficient (Wildman–Crippen LogP) is 3.07. The molecule has 1 aromatic heterocycles. The highest BCUT2D eigenvalue weighted by Crippen LogP contribution is 2.30. The Bertz CT molecular complexity index is 1190. The number of halogens is 3. The van der Waals surface area contributed by atoms with Gasteiger partial charge in [0.2, 0.25) is 11.9 Å². The van der Waals surface area contributed by atoms with Crippen molar-refractivity contribution in [3.63, 3.8) is 0 Å². The second kappa shape index (κ2) is 9.10. The zero-order valence-electron chi connectivity index (χ0n) is 17.5. The van der Waals surface area contributed by atoms with E-state index in [0.717, 1.165) is 41.6 Å². The average Bonchev–Trinajstić information content (AvgIpc) is 3.39. The minimum Gasteiger partial charge on any atom is -0.369 e. The monoisotopic (exact) mass is 460 g/mol. The second-order valence-electron chi connectivity index (χ2n) is 7.99. The Hall–Kier alpha value is -3.60. The molecule has 1 saturated carbocycles. The number of nitrogens with one attached hydrogen (secondary N) is 3. The van der Waals surface area contributed by atoms with E-state index in [-0.39, 0.29) is 29.5 Å². The molecule has 3 aromatic rings. The van der Waals surface area contributed by atoms with Gasteiger partial charge in [-0.25, -0.2) is 4.79 Å². The molecule has 2 atom stereocenters. The highest BCUT2D eigenvalue weighted by Gasteiger charge is 2.31. The molecule has 0 radical (unpaired) electrons. The van der Waals surface area contributed by atoms with E-state index in [2.05, 4.69) is 20.7 Å². The fraction of sp³-hybridized carbons (Fsp3) is 0.318. The van der Waals surface area contributed by atoms with Gasteiger partial charge in [0.05, 0.1) is 17.2 Å². The first-order valence-electron chi connectivity index (χ1n) is 10.5. The van der Waals surface area contributed by atoms with Crippen LogP contribution in [0.4, 0.5) is 24.8 Å². The molecule has 2 unspecified atom stereocenters.